The van der Waals surface area contributed by atoms with E-state index >= 15 is 0 Å². The van der Waals surface area contributed by atoms with E-state index in [0.717, 1.165) is 12.1 Å². The van der Waals surface area contributed by atoms with E-state index < -0.39 is 26.5 Å². The molecule has 0 spiro atoms. The van der Waals surface area contributed by atoms with Gasteiger partial charge in [0.15, 0.2) is 0 Å². The molecule has 2 amide bonds. The molecule has 2 aromatic rings. The van der Waals surface area contributed by atoms with Gasteiger partial charge in [-0.25, -0.2) is 13.2 Å². The van der Waals surface area contributed by atoms with E-state index in [9.17, 15) is 22.0 Å². The third-order valence-corrected chi connectivity index (χ3v) is 4.17. The molecule has 0 radical (unpaired) electrons. The van der Waals surface area contributed by atoms with Crippen LogP contribution >= 0.6 is 0 Å². The maximum Gasteiger partial charge on any atom is 0.341 e. The molecule has 0 unspecified atom stereocenters. The zero-order chi connectivity index (χ0) is 16.9. The Kier molecular flexibility index (Phi) is 5.12. The average molecular weight is 341 g/mol. The number of hydrazine groups is 1. The fraction of sp³-hybridized carbons (Fsp3) is 0.0714. The van der Waals surface area contributed by atoms with Crippen molar-refractivity contribution in [1.82, 2.24) is 5.43 Å². The fourth-order valence-corrected chi connectivity index (χ4v) is 2.36. The molecule has 0 bridgehead atoms. The van der Waals surface area contributed by atoms with Crippen molar-refractivity contribution in [2.45, 2.75) is 10.7 Å². The Labute approximate surface area is 131 Å². The number of halogens is 2. The van der Waals surface area contributed by atoms with Crippen LogP contribution in [0.25, 0.3) is 0 Å². The molecule has 0 aliphatic heterocycles. The second-order valence-corrected chi connectivity index (χ2v) is 6.32. The molecule has 0 aliphatic rings. The number of anilines is 2. The Morgan fingerprint density at radius 3 is 2.09 bits per heavy atom. The van der Waals surface area contributed by atoms with E-state index in [1.807, 2.05) is 0 Å². The number of benzene rings is 2. The number of nitrogens with one attached hydrogen (secondary N) is 3. The van der Waals surface area contributed by atoms with Crippen molar-refractivity contribution < 1.29 is 22.0 Å². The molecule has 6 nitrogen and oxygen atoms in total. The second-order valence-electron chi connectivity index (χ2n) is 4.40. The van der Waals surface area contributed by atoms with Gasteiger partial charge in [0.2, 0.25) is 9.84 Å². The molecule has 0 saturated heterocycles. The molecule has 0 aromatic heterocycles. The lowest BCUT2D eigenvalue weighted by Gasteiger charge is -2.10. The fourth-order valence-electron chi connectivity index (χ4n) is 1.64. The minimum Gasteiger partial charge on any atom is -0.307 e. The summed E-state index contributed by atoms with van der Waals surface area (Å²) in [7, 11) is -4.63. The van der Waals surface area contributed by atoms with Gasteiger partial charge in [-0.15, -0.1) is 0 Å². The highest BCUT2D eigenvalue weighted by Crippen LogP contribution is 2.19. The van der Waals surface area contributed by atoms with Gasteiger partial charge in [0.25, 0.3) is 0 Å². The summed E-state index contributed by atoms with van der Waals surface area (Å²) in [6.45, 7) is 0. The number of sulfone groups is 1. The van der Waals surface area contributed by atoms with Crippen molar-refractivity contribution in [3.8, 4) is 0 Å². The van der Waals surface area contributed by atoms with Crippen molar-refractivity contribution in [3.63, 3.8) is 0 Å². The molecule has 9 heteroatoms. The molecule has 2 rings (SSSR count). The predicted molar refractivity (Wildman–Crippen MR) is 81.9 cm³/mol. The minimum atomic E-state index is -4.63. The van der Waals surface area contributed by atoms with Gasteiger partial charge in [0.05, 0.1) is 10.6 Å². The number of rotatable bonds is 5. The van der Waals surface area contributed by atoms with Gasteiger partial charge in [-0.3, -0.25) is 10.9 Å². The zero-order valence-electron chi connectivity index (χ0n) is 11.7. The van der Waals surface area contributed by atoms with E-state index in [2.05, 4.69) is 16.2 Å². The first-order chi connectivity index (χ1) is 10.9. The lowest BCUT2D eigenvalue weighted by molar-refractivity contribution is 0.234. The van der Waals surface area contributed by atoms with Crippen molar-refractivity contribution in [1.29, 1.82) is 0 Å². The van der Waals surface area contributed by atoms with Crippen molar-refractivity contribution in [2.24, 2.45) is 0 Å². The van der Waals surface area contributed by atoms with E-state index in [-0.39, 0.29) is 0 Å². The highest BCUT2D eigenvalue weighted by atomic mass is 32.2. The quantitative estimate of drug-likeness (QED) is 0.730. The maximum absolute atomic E-state index is 12.4. The van der Waals surface area contributed by atoms with Gasteiger partial charge in [-0.05, 0) is 36.4 Å². The molecule has 2 aromatic carbocycles. The summed E-state index contributed by atoms with van der Waals surface area (Å²) in [6.07, 6.45) is 0. The lowest BCUT2D eigenvalue weighted by atomic mass is 10.3. The van der Waals surface area contributed by atoms with Crippen LogP contribution in [0.2, 0.25) is 0 Å². The standard InChI is InChI=1S/C14H13F2N3O3S/c15-13(16)23(21,22)12-8-6-11(7-9-12)18-19-14(20)17-10-4-2-1-3-5-10/h1-9,13,18H,(H2,17,19,20). The van der Waals surface area contributed by atoms with Crippen molar-refractivity contribution >= 4 is 27.2 Å². The molecule has 122 valence electrons. The molecule has 0 saturated carbocycles. The summed E-state index contributed by atoms with van der Waals surface area (Å²) >= 11 is 0. The van der Waals surface area contributed by atoms with E-state index in [1.54, 1.807) is 30.3 Å². The van der Waals surface area contributed by atoms with Crippen LogP contribution in [0.15, 0.2) is 59.5 Å². The Bertz CT molecular complexity index is 766. The Balaban J connectivity index is 1.93. The largest absolute Gasteiger partial charge is 0.341 e. The number of carbonyl (C=O) groups is 1. The smallest absolute Gasteiger partial charge is 0.307 e. The molecule has 23 heavy (non-hydrogen) atoms. The summed E-state index contributed by atoms with van der Waals surface area (Å²) in [6, 6.07) is 12.7. The topological polar surface area (TPSA) is 87.3 Å². The van der Waals surface area contributed by atoms with Gasteiger partial charge >= 0.3 is 11.8 Å². The number of para-hydroxylation sites is 1. The molecular weight excluding hydrogens is 328 g/mol. The minimum absolute atomic E-state index is 0.335. The third kappa shape index (κ3) is 4.39. The molecule has 0 atom stereocenters. The van der Waals surface area contributed by atoms with Crippen LogP contribution in [0.1, 0.15) is 0 Å². The van der Waals surface area contributed by atoms with Crippen LogP contribution in [0.3, 0.4) is 0 Å². The van der Waals surface area contributed by atoms with E-state index in [1.165, 1.54) is 12.1 Å². The van der Waals surface area contributed by atoms with Crippen molar-refractivity contribution in [2.75, 3.05) is 10.7 Å². The van der Waals surface area contributed by atoms with Crippen LogP contribution < -0.4 is 16.2 Å². The molecule has 0 heterocycles. The first-order valence-electron chi connectivity index (χ1n) is 6.40. The van der Waals surface area contributed by atoms with Crippen LogP contribution in [-0.2, 0) is 9.84 Å². The third-order valence-electron chi connectivity index (χ3n) is 2.77. The van der Waals surface area contributed by atoms with E-state index in [4.69, 9.17) is 0 Å². The molecule has 3 N–H and O–H groups in total. The number of amides is 2. The van der Waals surface area contributed by atoms with Gasteiger partial charge in [0, 0.05) is 5.69 Å². The van der Waals surface area contributed by atoms with E-state index in [0.29, 0.717) is 11.4 Å². The van der Waals surface area contributed by atoms with Crippen LogP contribution in [0.5, 0.6) is 0 Å². The Hall–Kier alpha value is -2.68. The summed E-state index contributed by atoms with van der Waals surface area (Å²) in [5, 5.41) is 2.56. The number of hydrogen-bond donors (Lipinski definition) is 3. The number of carbonyl (C=O) groups excluding carboxylic acids is 1. The van der Waals surface area contributed by atoms with Crippen molar-refractivity contribution in [3.05, 3.63) is 54.6 Å². The first kappa shape index (κ1) is 16.7. The van der Waals surface area contributed by atoms with Gasteiger partial charge in [0.1, 0.15) is 0 Å². The summed E-state index contributed by atoms with van der Waals surface area (Å²) in [5.74, 6) is -3.48. The normalized spacial score (nSPS) is 11.1. The van der Waals surface area contributed by atoms with Crippen LogP contribution in [0, 0.1) is 0 Å². The zero-order valence-corrected chi connectivity index (χ0v) is 12.5. The highest BCUT2D eigenvalue weighted by Gasteiger charge is 2.26. The first-order valence-corrected chi connectivity index (χ1v) is 7.94. The number of hydrogen-bond acceptors (Lipinski definition) is 4. The molecule has 0 fully saturated rings. The summed E-state index contributed by atoms with van der Waals surface area (Å²) in [5.41, 5.74) is 5.78. The Morgan fingerprint density at radius 1 is 0.913 bits per heavy atom. The number of urea groups is 1. The average Bonchev–Trinajstić information content (AvgIpc) is 2.54. The predicted octanol–water partition coefficient (Wildman–Crippen LogP) is 2.83. The molecular formula is C14H13F2N3O3S. The Morgan fingerprint density at radius 2 is 1.52 bits per heavy atom. The second kappa shape index (κ2) is 7.05. The summed E-state index contributed by atoms with van der Waals surface area (Å²) < 4.78 is 47.3. The summed E-state index contributed by atoms with van der Waals surface area (Å²) in [4.78, 5) is 11.1. The monoisotopic (exact) mass is 341 g/mol. The molecule has 0 aliphatic carbocycles. The maximum atomic E-state index is 12.4. The lowest BCUT2D eigenvalue weighted by Crippen LogP contribution is -2.33. The van der Waals surface area contributed by atoms with Crippen LogP contribution in [-0.4, -0.2) is 20.2 Å². The number of alkyl halides is 2. The SMILES string of the molecule is O=C(NNc1ccc(S(=O)(=O)C(F)F)cc1)Nc1ccccc1. The van der Waals surface area contributed by atoms with Crippen LogP contribution in [0.4, 0.5) is 25.0 Å². The highest BCUT2D eigenvalue weighted by molar-refractivity contribution is 7.91. The van der Waals surface area contributed by atoms with Gasteiger partial charge in [-0.2, -0.15) is 8.78 Å². The van der Waals surface area contributed by atoms with Gasteiger partial charge in [-0.1, -0.05) is 18.2 Å². The van der Waals surface area contributed by atoms with Gasteiger partial charge < -0.3 is 5.32 Å².